The summed E-state index contributed by atoms with van der Waals surface area (Å²) in [6.45, 7) is -0.518. The largest absolute Gasteiger partial charge is 0.504 e. The van der Waals surface area contributed by atoms with Gasteiger partial charge in [-0.05, 0) is 28.7 Å². The highest BCUT2D eigenvalue weighted by Crippen LogP contribution is 2.30. The molecule has 0 saturated carbocycles. The van der Waals surface area contributed by atoms with Gasteiger partial charge < -0.3 is 14.6 Å². The standard InChI is InChI=1S/C11H8INO6/c1-2-10(12)19-11(15)6-18-9-5-7(13(16)17)3-4-8(9)14/h1,3-5,10,14H,6H2. The van der Waals surface area contributed by atoms with Gasteiger partial charge in [0.15, 0.2) is 18.1 Å². The number of hydrogen-bond acceptors (Lipinski definition) is 6. The number of aromatic hydroxyl groups is 1. The average molecular weight is 377 g/mol. The molecule has 0 amide bonds. The van der Waals surface area contributed by atoms with Crippen molar-refractivity contribution in [3.05, 3.63) is 28.3 Å². The van der Waals surface area contributed by atoms with Gasteiger partial charge in [-0.25, -0.2) is 4.79 Å². The number of alkyl halides is 1. The SMILES string of the molecule is C#CC(I)OC(=O)COc1cc([N+](=O)[O-])ccc1O. The van der Waals surface area contributed by atoms with E-state index in [1.165, 1.54) is 0 Å². The molecule has 1 atom stereocenters. The number of esters is 1. The maximum absolute atomic E-state index is 11.3. The molecule has 0 heterocycles. The number of nitrogens with zero attached hydrogens (tertiary/aromatic N) is 1. The third-order valence-corrected chi connectivity index (χ3v) is 2.48. The van der Waals surface area contributed by atoms with Gasteiger partial charge in [-0.3, -0.25) is 10.1 Å². The fourth-order valence-electron chi connectivity index (χ4n) is 1.05. The number of carbonyl (C=O) groups excluding carboxylic acids is 1. The second-order valence-corrected chi connectivity index (χ2v) is 4.30. The number of rotatable bonds is 5. The van der Waals surface area contributed by atoms with E-state index >= 15 is 0 Å². The molecule has 0 fully saturated rings. The molecule has 1 rings (SSSR count). The van der Waals surface area contributed by atoms with Crippen molar-refractivity contribution in [2.24, 2.45) is 0 Å². The molecule has 0 radical (unpaired) electrons. The van der Waals surface area contributed by atoms with E-state index in [0.717, 1.165) is 18.2 Å². The fraction of sp³-hybridized carbons (Fsp3) is 0.182. The van der Waals surface area contributed by atoms with Crippen LogP contribution in [0.5, 0.6) is 11.5 Å². The summed E-state index contributed by atoms with van der Waals surface area (Å²) in [5.74, 6) is 0.930. The minimum Gasteiger partial charge on any atom is -0.504 e. The van der Waals surface area contributed by atoms with E-state index in [9.17, 15) is 20.0 Å². The number of non-ortho nitro benzene ring substituents is 1. The van der Waals surface area contributed by atoms with Gasteiger partial charge >= 0.3 is 5.97 Å². The Labute approximate surface area is 121 Å². The molecule has 1 aromatic carbocycles. The Morgan fingerprint density at radius 1 is 1.63 bits per heavy atom. The quantitative estimate of drug-likeness (QED) is 0.209. The van der Waals surface area contributed by atoms with Crippen molar-refractivity contribution in [1.29, 1.82) is 0 Å². The molecule has 0 aliphatic carbocycles. The predicted molar refractivity (Wildman–Crippen MR) is 73.0 cm³/mol. The second-order valence-electron chi connectivity index (χ2n) is 3.17. The van der Waals surface area contributed by atoms with Crippen LogP contribution in [-0.4, -0.2) is 26.7 Å². The average Bonchev–Trinajstić information content (AvgIpc) is 2.37. The number of carbonyl (C=O) groups is 1. The number of phenols is 1. The van der Waals surface area contributed by atoms with Crippen LogP contribution in [-0.2, 0) is 9.53 Å². The summed E-state index contributed by atoms with van der Waals surface area (Å²) in [6, 6.07) is 3.21. The molecule has 100 valence electrons. The first-order valence-corrected chi connectivity index (χ1v) is 6.08. The number of phenolic OH excluding ortho intramolecular Hbond substituents is 1. The second kappa shape index (κ2) is 6.79. The number of ether oxygens (including phenoxy) is 2. The maximum atomic E-state index is 11.3. The minimum absolute atomic E-state index is 0.183. The lowest BCUT2D eigenvalue weighted by molar-refractivity contribution is -0.385. The third kappa shape index (κ3) is 4.63. The first-order valence-electron chi connectivity index (χ1n) is 4.84. The molecular formula is C11H8INO6. The van der Waals surface area contributed by atoms with Crippen molar-refractivity contribution >= 4 is 34.2 Å². The molecule has 8 heteroatoms. The zero-order valence-electron chi connectivity index (χ0n) is 9.41. The van der Waals surface area contributed by atoms with Crippen LogP contribution in [0.4, 0.5) is 5.69 Å². The van der Waals surface area contributed by atoms with Crippen LogP contribution < -0.4 is 4.74 Å². The lowest BCUT2D eigenvalue weighted by Gasteiger charge is -2.08. The van der Waals surface area contributed by atoms with Crippen LogP contribution in [0.3, 0.4) is 0 Å². The number of terminal acetylenes is 1. The number of halogens is 1. The summed E-state index contributed by atoms with van der Waals surface area (Å²) in [6.07, 6.45) is 5.01. The number of nitro benzene ring substituents is 1. The van der Waals surface area contributed by atoms with Gasteiger partial charge in [0, 0.05) is 6.07 Å². The highest BCUT2D eigenvalue weighted by Gasteiger charge is 2.14. The molecule has 0 aromatic heterocycles. The molecule has 0 spiro atoms. The summed E-state index contributed by atoms with van der Waals surface area (Å²) in [5.41, 5.74) is -0.267. The van der Waals surface area contributed by atoms with Gasteiger partial charge in [-0.1, -0.05) is 5.92 Å². The van der Waals surface area contributed by atoms with E-state index in [-0.39, 0.29) is 17.2 Å². The zero-order chi connectivity index (χ0) is 14.4. The van der Waals surface area contributed by atoms with Crippen LogP contribution in [0, 0.1) is 22.5 Å². The van der Waals surface area contributed by atoms with Crippen LogP contribution in [0.2, 0.25) is 0 Å². The molecular weight excluding hydrogens is 369 g/mol. The van der Waals surface area contributed by atoms with Gasteiger partial charge in [0.2, 0.25) is 4.11 Å². The fourth-order valence-corrected chi connectivity index (χ4v) is 1.34. The lowest BCUT2D eigenvalue weighted by Crippen LogP contribution is -2.18. The Bertz CT molecular complexity index is 538. The van der Waals surface area contributed by atoms with E-state index in [1.807, 2.05) is 0 Å². The third-order valence-electron chi connectivity index (χ3n) is 1.87. The lowest BCUT2D eigenvalue weighted by atomic mass is 10.3. The van der Waals surface area contributed by atoms with E-state index in [0.29, 0.717) is 0 Å². The van der Waals surface area contributed by atoms with Crippen molar-refractivity contribution in [1.82, 2.24) is 0 Å². The number of nitro groups is 1. The van der Waals surface area contributed by atoms with Crippen molar-refractivity contribution in [2.75, 3.05) is 6.61 Å². The zero-order valence-corrected chi connectivity index (χ0v) is 11.6. The Morgan fingerprint density at radius 2 is 2.32 bits per heavy atom. The van der Waals surface area contributed by atoms with Crippen molar-refractivity contribution < 1.29 is 24.3 Å². The smallest absolute Gasteiger partial charge is 0.346 e. The van der Waals surface area contributed by atoms with Crippen molar-refractivity contribution in [3.8, 4) is 23.8 Å². The van der Waals surface area contributed by atoms with Gasteiger partial charge in [0.05, 0.1) is 11.0 Å². The topological polar surface area (TPSA) is 98.9 Å². The highest BCUT2D eigenvalue weighted by molar-refractivity contribution is 14.1. The van der Waals surface area contributed by atoms with Crippen LogP contribution in [0.1, 0.15) is 0 Å². The predicted octanol–water partition coefficient (Wildman–Crippen LogP) is 1.62. The molecule has 0 bridgehead atoms. The number of hydrogen-bond donors (Lipinski definition) is 1. The first-order chi connectivity index (χ1) is 8.93. The van der Waals surface area contributed by atoms with E-state index < -0.39 is 21.6 Å². The van der Waals surface area contributed by atoms with Gasteiger partial charge in [-0.15, -0.1) is 6.42 Å². The Balaban J connectivity index is 2.67. The molecule has 7 nitrogen and oxygen atoms in total. The summed E-state index contributed by atoms with van der Waals surface area (Å²) in [5, 5.41) is 20.0. The Morgan fingerprint density at radius 3 is 2.89 bits per heavy atom. The molecule has 1 unspecified atom stereocenters. The Kier molecular flexibility index (Phi) is 5.37. The summed E-state index contributed by atoms with van der Waals surface area (Å²) in [4.78, 5) is 21.1. The van der Waals surface area contributed by atoms with Gasteiger partial charge in [0.25, 0.3) is 5.69 Å². The summed E-state index contributed by atoms with van der Waals surface area (Å²) >= 11 is 1.72. The van der Waals surface area contributed by atoms with E-state index in [2.05, 4.69) is 5.92 Å². The van der Waals surface area contributed by atoms with Crippen molar-refractivity contribution in [3.63, 3.8) is 0 Å². The molecule has 0 aliphatic heterocycles. The van der Waals surface area contributed by atoms with Crippen LogP contribution in [0.25, 0.3) is 0 Å². The normalized spacial score (nSPS) is 11.2. The molecule has 0 saturated heterocycles. The minimum atomic E-state index is -0.747. The first kappa shape index (κ1) is 15.0. The van der Waals surface area contributed by atoms with Crippen LogP contribution in [0.15, 0.2) is 18.2 Å². The molecule has 0 aliphatic rings. The molecule has 19 heavy (non-hydrogen) atoms. The highest BCUT2D eigenvalue weighted by atomic mass is 127. The van der Waals surface area contributed by atoms with E-state index in [4.69, 9.17) is 15.9 Å². The Hall–Kier alpha value is -2.02. The monoisotopic (exact) mass is 377 g/mol. The van der Waals surface area contributed by atoms with Crippen molar-refractivity contribution in [2.45, 2.75) is 4.11 Å². The summed E-state index contributed by atoms with van der Waals surface area (Å²) < 4.78 is 8.91. The molecule has 1 N–H and O–H groups in total. The van der Waals surface area contributed by atoms with Gasteiger partial charge in [0.1, 0.15) is 0 Å². The molecule has 1 aromatic rings. The maximum Gasteiger partial charge on any atom is 0.346 e. The van der Waals surface area contributed by atoms with E-state index in [1.54, 1.807) is 22.6 Å². The summed E-state index contributed by atoms with van der Waals surface area (Å²) in [7, 11) is 0. The van der Waals surface area contributed by atoms with Gasteiger partial charge in [-0.2, -0.15) is 0 Å². The number of benzene rings is 1. The van der Waals surface area contributed by atoms with Crippen LogP contribution >= 0.6 is 22.6 Å².